The van der Waals surface area contributed by atoms with Crippen molar-refractivity contribution >= 4 is 11.6 Å². The van der Waals surface area contributed by atoms with Crippen molar-refractivity contribution in [1.29, 1.82) is 0 Å². The third-order valence-electron chi connectivity index (χ3n) is 5.51. The fraction of sp³-hybridized carbons (Fsp3) is 0.409. The molecule has 1 fully saturated rings. The molecule has 0 N–H and O–H groups in total. The molecule has 0 aliphatic carbocycles. The highest BCUT2D eigenvalue weighted by Gasteiger charge is 2.37. The second-order valence-corrected chi connectivity index (χ2v) is 7.51. The Bertz CT molecular complexity index is 998. The van der Waals surface area contributed by atoms with Crippen molar-refractivity contribution in [3.8, 4) is 17.2 Å². The van der Waals surface area contributed by atoms with Crippen molar-refractivity contribution in [2.75, 3.05) is 41.0 Å². The number of nitrogens with zero attached hydrogens (tertiary/aromatic N) is 3. The summed E-state index contributed by atoms with van der Waals surface area (Å²) in [5.74, 6) is -0.714. The van der Waals surface area contributed by atoms with Gasteiger partial charge in [-0.1, -0.05) is 12.1 Å². The van der Waals surface area contributed by atoms with Crippen LogP contribution in [0.2, 0.25) is 0 Å². The van der Waals surface area contributed by atoms with Crippen LogP contribution in [0, 0.1) is 15.9 Å². The topological polar surface area (TPSA) is 94.4 Å². The lowest BCUT2D eigenvalue weighted by atomic mass is 10.1. The quantitative estimate of drug-likeness (QED) is 0.475. The lowest BCUT2D eigenvalue weighted by molar-refractivity contribution is -0.386. The van der Waals surface area contributed by atoms with Gasteiger partial charge in [-0.05, 0) is 24.6 Å². The van der Waals surface area contributed by atoms with Crippen molar-refractivity contribution in [2.24, 2.45) is 0 Å². The number of rotatable bonds is 7. The number of nitro groups is 1. The van der Waals surface area contributed by atoms with Gasteiger partial charge in [0.05, 0.1) is 26.3 Å². The molecule has 1 saturated heterocycles. The minimum Gasteiger partial charge on any atom is -0.493 e. The summed E-state index contributed by atoms with van der Waals surface area (Å²) in [5.41, 5.74) is 0.387. The number of methoxy groups -OCH3 is 3. The molecule has 0 spiro atoms. The molecule has 172 valence electrons. The molecule has 1 amide bonds. The maximum atomic E-state index is 13.4. The molecular weight excluding hydrogens is 421 g/mol. The lowest BCUT2D eigenvalue weighted by Crippen LogP contribution is -2.53. The first-order valence-electron chi connectivity index (χ1n) is 10.1. The predicted octanol–water partition coefficient (Wildman–Crippen LogP) is 3.11. The second kappa shape index (κ2) is 9.82. The number of ether oxygens (including phenoxy) is 3. The molecular formula is C22H26FN3O6. The van der Waals surface area contributed by atoms with Gasteiger partial charge in [-0.15, -0.1) is 0 Å². The molecule has 9 nitrogen and oxygen atoms in total. The van der Waals surface area contributed by atoms with Crippen LogP contribution in [0.3, 0.4) is 0 Å². The molecule has 32 heavy (non-hydrogen) atoms. The van der Waals surface area contributed by atoms with Crippen molar-refractivity contribution in [2.45, 2.75) is 19.5 Å². The van der Waals surface area contributed by atoms with Crippen molar-refractivity contribution < 1.29 is 28.3 Å². The summed E-state index contributed by atoms with van der Waals surface area (Å²) in [6, 6.07) is 7.42. The maximum absolute atomic E-state index is 13.4. The van der Waals surface area contributed by atoms with Crippen LogP contribution in [0.15, 0.2) is 30.3 Å². The third-order valence-corrected chi connectivity index (χ3v) is 5.51. The fourth-order valence-electron chi connectivity index (χ4n) is 3.97. The average Bonchev–Trinajstić information content (AvgIpc) is 2.78. The monoisotopic (exact) mass is 447 g/mol. The highest BCUT2D eigenvalue weighted by atomic mass is 19.1. The van der Waals surface area contributed by atoms with Crippen molar-refractivity contribution in [3.05, 3.63) is 57.4 Å². The zero-order chi connectivity index (χ0) is 23.4. The van der Waals surface area contributed by atoms with Gasteiger partial charge < -0.3 is 19.1 Å². The normalized spacial score (nSPS) is 16.5. The number of carbonyl (C=O) groups excluding carboxylic acids is 1. The Labute approximate surface area is 185 Å². The summed E-state index contributed by atoms with van der Waals surface area (Å²) in [5, 5.41) is 11.8. The van der Waals surface area contributed by atoms with Crippen molar-refractivity contribution in [1.82, 2.24) is 9.80 Å². The van der Waals surface area contributed by atoms with E-state index < -0.39 is 16.5 Å². The molecule has 3 rings (SSSR count). The molecule has 0 saturated carbocycles. The van der Waals surface area contributed by atoms with Crippen LogP contribution in [0.25, 0.3) is 0 Å². The summed E-state index contributed by atoms with van der Waals surface area (Å²) in [6.45, 7) is 4.04. The molecule has 0 radical (unpaired) electrons. The Kier molecular flexibility index (Phi) is 7.14. The Morgan fingerprint density at radius 3 is 2.31 bits per heavy atom. The Morgan fingerprint density at radius 2 is 1.78 bits per heavy atom. The van der Waals surface area contributed by atoms with Crippen LogP contribution in [0.4, 0.5) is 10.1 Å². The highest BCUT2D eigenvalue weighted by molar-refractivity contribution is 6.01. The van der Waals surface area contributed by atoms with E-state index in [4.69, 9.17) is 14.2 Å². The predicted molar refractivity (Wildman–Crippen MR) is 115 cm³/mol. The first kappa shape index (κ1) is 23.3. The number of piperazine rings is 1. The van der Waals surface area contributed by atoms with Gasteiger partial charge in [0.1, 0.15) is 11.4 Å². The van der Waals surface area contributed by atoms with Gasteiger partial charge in [0.15, 0.2) is 5.75 Å². The van der Waals surface area contributed by atoms with Crippen LogP contribution >= 0.6 is 0 Å². The summed E-state index contributed by atoms with van der Waals surface area (Å²) in [4.78, 5) is 28.3. The number of benzene rings is 2. The van der Waals surface area contributed by atoms with Gasteiger partial charge in [0.25, 0.3) is 5.91 Å². The lowest BCUT2D eigenvalue weighted by Gasteiger charge is -2.40. The molecule has 0 bridgehead atoms. The number of hydrogen-bond acceptors (Lipinski definition) is 7. The Morgan fingerprint density at radius 1 is 1.12 bits per heavy atom. The minimum absolute atomic E-state index is 0.0513. The van der Waals surface area contributed by atoms with E-state index in [1.54, 1.807) is 17.0 Å². The van der Waals surface area contributed by atoms with Gasteiger partial charge >= 0.3 is 5.69 Å². The second-order valence-electron chi connectivity index (χ2n) is 7.51. The molecule has 1 atom stereocenters. The van der Waals surface area contributed by atoms with E-state index in [-0.39, 0.29) is 34.7 Å². The molecule has 1 aliphatic rings. The Hall–Kier alpha value is -3.40. The standard InChI is InChI=1S/C22H26FN3O6/c1-14-12-24(13-15-5-7-16(23)8-6-15)9-10-25(14)22(27)17-11-18(30-2)20(31-3)21(32-4)19(17)26(28)29/h5-8,11,14H,9-10,12-13H2,1-4H3/t14-/m0/s1. The average molecular weight is 447 g/mol. The van der Waals surface area contributed by atoms with E-state index in [0.717, 1.165) is 5.56 Å². The van der Waals surface area contributed by atoms with Gasteiger partial charge in [-0.2, -0.15) is 0 Å². The van der Waals surface area contributed by atoms with Gasteiger partial charge in [-0.3, -0.25) is 19.8 Å². The molecule has 1 aliphatic heterocycles. The van der Waals surface area contributed by atoms with Crippen LogP contribution < -0.4 is 14.2 Å². The van der Waals surface area contributed by atoms with Crippen LogP contribution in [0.1, 0.15) is 22.8 Å². The summed E-state index contributed by atoms with van der Waals surface area (Å²) >= 11 is 0. The fourth-order valence-corrected chi connectivity index (χ4v) is 3.97. The van der Waals surface area contributed by atoms with E-state index >= 15 is 0 Å². The van der Waals surface area contributed by atoms with Crippen molar-refractivity contribution in [3.63, 3.8) is 0 Å². The number of carbonyl (C=O) groups is 1. The maximum Gasteiger partial charge on any atom is 0.327 e. The van der Waals surface area contributed by atoms with Gasteiger partial charge in [0, 0.05) is 38.3 Å². The van der Waals surface area contributed by atoms with E-state index in [1.807, 2.05) is 6.92 Å². The van der Waals surface area contributed by atoms with E-state index in [1.165, 1.54) is 39.5 Å². The van der Waals surface area contributed by atoms with E-state index in [9.17, 15) is 19.3 Å². The van der Waals surface area contributed by atoms with E-state index in [2.05, 4.69) is 4.90 Å². The third kappa shape index (κ3) is 4.59. The largest absolute Gasteiger partial charge is 0.493 e. The zero-order valence-corrected chi connectivity index (χ0v) is 18.5. The SMILES string of the molecule is COc1cc(C(=O)N2CCN(Cc3ccc(F)cc3)C[C@@H]2C)c([N+](=O)[O-])c(OC)c1OC. The van der Waals surface area contributed by atoms with Crippen LogP contribution in [0.5, 0.6) is 17.2 Å². The number of halogens is 1. The first-order valence-corrected chi connectivity index (χ1v) is 10.1. The molecule has 2 aromatic carbocycles. The van der Waals surface area contributed by atoms with Crippen LogP contribution in [-0.2, 0) is 6.54 Å². The zero-order valence-electron chi connectivity index (χ0n) is 18.5. The smallest absolute Gasteiger partial charge is 0.327 e. The highest BCUT2D eigenvalue weighted by Crippen LogP contribution is 2.46. The summed E-state index contributed by atoms with van der Waals surface area (Å²) in [6.07, 6.45) is 0. The Balaban J connectivity index is 1.86. The van der Waals surface area contributed by atoms with E-state index in [0.29, 0.717) is 26.2 Å². The number of amides is 1. The molecule has 10 heteroatoms. The summed E-state index contributed by atoms with van der Waals surface area (Å²) < 4.78 is 28.9. The summed E-state index contributed by atoms with van der Waals surface area (Å²) in [7, 11) is 4.00. The number of nitro benzene ring substituents is 1. The van der Waals surface area contributed by atoms with Gasteiger partial charge in [0.2, 0.25) is 11.5 Å². The molecule has 2 aromatic rings. The van der Waals surface area contributed by atoms with Gasteiger partial charge in [-0.25, -0.2) is 4.39 Å². The molecule has 0 aromatic heterocycles. The van der Waals surface area contributed by atoms with Crippen LogP contribution in [-0.4, -0.2) is 67.6 Å². The first-order chi connectivity index (χ1) is 15.3. The molecule has 1 heterocycles. The molecule has 0 unspecified atom stereocenters. The number of hydrogen-bond donors (Lipinski definition) is 0. The minimum atomic E-state index is -0.649.